The summed E-state index contributed by atoms with van der Waals surface area (Å²) >= 11 is 0. The van der Waals surface area contributed by atoms with Crippen LogP contribution >= 0.6 is 0 Å². The number of esters is 1. The predicted octanol–water partition coefficient (Wildman–Crippen LogP) is -0.921. The van der Waals surface area contributed by atoms with Crippen LogP contribution in [0.4, 0.5) is 0 Å². The standard InChI is InChI=1S/C9H7NO7S2/c1-17-9(12)8(11)10-18(13,14)6-4-2-3-5-7(6)19(10,15)16/h2-5H,1H3. The van der Waals surface area contributed by atoms with Gasteiger partial charge in [-0.25, -0.2) is 4.79 Å². The van der Waals surface area contributed by atoms with Crippen molar-refractivity contribution in [1.82, 2.24) is 3.71 Å². The molecule has 1 aromatic rings. The van der Waals surface area contributed by atoms with Gasteiger partial charge in [-0.1, -0.05) is 12.1 Å². The Morgan fingerprint density at radius 3 is 1.79 bits per heavy atom. The molecule has 0 spiro atoms. The van der Waals surface area contributed by atoms with E-state index in [0.717, 1.165) is 19.2 Å². The molecule has 0 unspecified atom stereocenters. The molecule has 2 rings (SSSR count). The highest BCUT2D eigenvalue weighted by atomic mass is 32.3. The second-order valence-corrected chi connectivity index (χ2v) is 7.19. The minimum absolute atomic E-state index is 0.448. The first-order valence-electron chi connectivity index (χ1n) is 4.76. The van der Waals surface area contributed by atoms with E-state index in [1.165, 1.54) is 12.1 Å². The molecule has 1 heterocycles. The van der Waals surface area contributed by atoms with Crippen LogP contribution in [0.5, 0.6) is 0 Å². The summed E-state index contributed by atoms with van der Waals surface area (Å²) in [5.41, 5.74) is 0. The summed E-state index contributed by atoms with van der Waals surface area (Å²) in [5.74, 6) is -3.36. The van der Waals surface area contributed by atoms with Crippen LogP contribution in [0, 0.1) is 0 Å². The van der Waals surface area contributed by atoms with Gasteiger partial charge in [-0.05, 0) is 12.1 Å². The Hall–Kier alpha value is -1.94. The van der Waals surface area contributed by atoms with E-state index < -0.39 is 45.4 Å². The molecule has 0 fully saturated rings. The number of ether oxygens (including phenoxy) is 1. The van der Waals surface area contributed by atoms with Crippen LogP contribution in [-0.4, -0.2) is 39.5 Å². The smallest absolute Gasteiger partial charge is 0.398 e. The van der Waals surface area contributed by atoms with Crippen LogP contribution in [0.3, 0.4) is 0 Å². The van der Waals surface area contributed by atoms with Crippen LogP contribution in [-0.2, 0) is 34.4 Å². The number of carbonyl (C=O) groups excluding carboxylic acids is 2. The topological polar surface area (TPSA) is 115 Å². The summed E-state index contributed by atoms with van der Waals surface area (Å²) in [5, 5.41) is 0. The van der Waals surface area contributed by atoms with Crippen molar-refractivity contribution in [1.29, 1.82) is 0 Å². The van der Waals surface area contributed by atoms with Gasteiger partial charge >= 0.3 is 11.9 Å². The van der Waals surface area contributed by atoms with Crippen LogP contribution in [0.15, 0.2) is 34.1 Å². The Kier molecular flexibility index (Phi) is 2.86. The molecule has 0 aromatic heterocycles. The second-order valence-electron chi connectivity index (χ2n) is 3.45. The molecule has 102 valence electrons. The third-order valence-electron chi connectivity index (χ3n) is 2.37. The van der Waals surface area contributed by atoms with E-state index in [4.69, 9.17) is 0 Å². The highest BCUT2D eigenvalue weighted by Crippen LogP contribution is 2.36. The van der Waals surface area contributed by atoms with Gasteiger partial charge in [-0.15, -0.1) is 3.71 Å². The van der Waals surface area contributed by atoms with Crippen molar-refractivity contribution in [3.8, 4) is 0 Å². The molecule has 0 atom stereocenters. The molecular weight excluding hydrogens is 298 g/mol. The molecule has 1 amide bonds. The third-order valence-corrected chi connectivity index (χ3v) is 6.70. The van der Waals surface area contributed by atoms with Crippen LogP contribution in [0.2, 0.25) is 0 Å². The SMILES string of the molecule is COC(=O)C(=O)N1S(=O)(=O)c2ccccc2S1(=O)=O. The fraction of sp³-hybridized carbons (Fsp3) is 0.111. The first-order valence-corrected chi connectivity index (χ1v) is 7.64. The van der Waals surface area contributed by atoms with Crippen LogP contribution < -0.4 is 0 Å². The molecular formula is C9H7NO7S2. The van der Waals surface area contributed by atoms with E-state index in [2.05, 4.69) is 4.74 Å². The zero-order valence-corrected chi connectivity index (χ0v) is 11.1. The lowest BCUT2D eigenvalue weighted by molar-refractivity contribution is -0.153. The monoisotopic (exact) mass is 305 g/mol. The Morgan fingerprint density at radius 2 is 1.42 bits per heavy atom. The first-order chi connectivity index (χ1) is 8.74. The molecule has 19 heavy (non-hydrogen) atoms. The Bertz CT molecular complexity index is 726. The summed E-state index contributed by atoms with van der Waals surface area (Å²) < 4.78 is 51.5. The summed E-state index contributed by atoms with van der Waals surface area (Å²) in [7, 11) is -8.39. The van der Waals surface area contributed by atoms with Gasteiger partial charge in [-0.3, -0.25) is 4.79 Å². The molecule has 0 saturated heterocycles. The number of rotatable bonds is 0. The Morgan fingerprint density at radius 1 is 1.00 bits per heavy atom. The maximum absolute atomic E-state index is 12.0. The lowest BCUT2D eigenvalue weighted by Crippen LogP contribution is -2.41. The van der Waals surface area contributed by atoms with Gasteiger partial charge in [0.1, 0.15) is 9.79 Å². The van der Waals surface area contributed by atoms with Crippen molar-refractivity contribution in [2.75, 3.05) is 7.11 Å². The maximum Gasteiger partial charge on any atom is 0.398 e. The van der Waals surface area contributed by atoms with Gasteiger partial charge in [0.05, 0.1) is 7.11 Å². The number of carbonyl (C=O) groups is 2. The molecule has 1 aliphatic rings. The molecule has 0 bridgehead atoms. The lowest BCUT2D eigenvalue weighted by Gasteiger charge is -2.11. The van der Waals surface area contributed by atoms with Crippen molar-refractivity contribution >= 4 is 31.9 Å². The molecule has 0 saturated carbocycles. The van der Waals surface area contributed by atoms with Gasteiger partial charge in [0.2, 0.25) is 0 Å². The molecule has 1 aromatic carbocycles. The van der Waals surface area contributed by atoms with E-state index in [9.17, 15) is 26.4 Å². The fourth-order valence-electron chi connectivity index (χ4n) is 1.56. The van der Waals surface area contributed by atoms with Gasteiger partial charge in [0.25, 0.3) is 20.0 Å². The van der Waals surface area contributed by atoms with E-state index in [1.54, 1.807) is 0 Å². The fourth-order valence-corrected chi connectivity index (χ4v) is 5.80. The summed E-state index contributed by atoms with van der Waals surface area (Å²) in [4.78, 5) is 21.6. The third kappa shape index (κ3) is 1.71. The van der Waals surface area contributed by atoms with E-state index >= 15 is 0 Å². The average Bonchev–Trinajstić information content (AvgIpc) is 2.52. The van der Waals surface area contributed by atoms with E-state index in [0.29, 0.717) is 0 Å². The van der Waals surface area contributed by atoms with Crippen molar-refractivity contribution in [2.24, 2.45) is 0 Å². The van der Waals surface area contributed by atoms with Crippen molar-refractivity contribution < 1.29 is 31.2 Å². The lowest BCUT2D eigenvalue weighted by atomic mass is 10.4. The molecule has 8 nitrogen and oxygen atoms in total. The second kappa shape index (κ2) is 4.03. The van der Waals surface area contributed by atoms with Gasteiger partial charge in [-0.2, -0.15) is 16.8 Å². The number of benzene rings is 1. The summed E-state index contributed by atoms with van der Waals surface area (Å²) in [6.45, 7) is 0. The van der Waals surface area contributed by atoms with Gasteiger partial charge in [0, 0.05) is 0 Å². The Labute approximate surface area is 108 Å². The van der Waals surface area contributed by atoms with E-state index in [1.807, 2.05) is 0 Å². The van der Waals surface area contributed by atoms with Gasteiger partial charge < -0.3 is 4.74 Å². The van der Waals surface area contributed by atoms with Crippen molar-refractivity contribution in [3.63, 3.8) is 0 Å². The average molecular weight is 305 g/mol. The minimum Gasteiger partial charge on any atom is -0.462 e. The van der Waals surface area contributed by atoms with Crippen molar-refractivity contribution in [3.05, 3.63) is 24.3 Å². The number of amides is 1. The zero-order valence-electron chi connectivity index (χ0n) is 9.43. The molecule has 1 aliphatic heterocycles. The van der Waals surface area contributed by atoms with E-state index in [-0.39, 0.29) is 0 Å². The van der Waals surface area contributed by atoms with Crippen LogP contribution in [0.1, 0.15) is 0 Å². The summed E-state index contributed by atoms with van der Waals surface area (Å²) in [6.07, 6.45) is 0. The number of sulfonamides is 2. The number of methoxy groups -OCH3 is 1. The maximum atomic E-state index is 12.0. The summed E-state index contributed by atoms with van der Waals surface area (Å²) in [6, 6.07) is 4.68. The molecule has 10 heteroatoms. The molecule has 0 N–H and O–H groups in total. The first kappa shape index (κ1) is 13.5. The zero-order chi connectivity index (χ0) is 14.4. The number of hydrogen-bond donors (Lipinski definition) is 0. The number of fused-ring (bicyclic) bond motifs is 1. The normalized spacial score (nSPS) is 18.7. The molecule has 0 radical (unpaired) electrons. The largest absolute Gasteiger partial charge is 0.462 e. The Balaban J connectivity index is 2.75. The molecule has 0 aliphatic carbocycles. The van der Waals surface area contributed by atoms with Crippen LogP contribution in [0.25, 0.3) is 0 Å². The number of nitrogens with zero attached hydrogens (tertiary/aromatic N) is 1. The highest BCUT2D eigenvalue weighted by molar-refractivity contribution is 8.07. The van der Waals surface area contributed by atoms with Crippen molar-refractivity contribution in [2.45, 2.75) is 9.79 Å². The quantitative estimate of drug-likeness (QED) is 0.449. The number of hydrogen-bond acceptors (Lipinski definition) is 7. The minimum atomic E-state index is -4.61. The highest BCUT2D eigenvalue weighted by Gasteiger charge is 2.52. The predicted molar refractivity (Wildman–Crippen MR) is 59.7 cm³/mol. The van der Waals surface area contributed by atoms with Gasteiger partial charge in [0.15, 0.2) is 0 Å².